The lowest BCUT2D eigenvalue weighted by Gasteiger charge is -2.19. The number of hydrogen-bond donors (Lipinski definition) is 1. The van der Waals surface area contributed by atoms with Crippen molar-refractivity contribution in [1.82, 2.24) is 9.97 Å². The molecular formula is C16H13N3O2S. The Kier molecular flexibility index (Phi) is 3.77. The highest BCUT2D eigenvalue weighted by atomic mass is 32.2. The number of aryl methyl sites for hydroxylation is 1. The minimum absolute atomic E-state index is 0.166. The van der Waals surface area contributed by atoms with Crippen LogP contribution in [0.2, 0.25) is 0 Å². The van der Waals surface area contributed by atoms with E-state index in [0.717, 1.165) is 11.3 Å². The summed E-state index contributed by atoms with van der Waals surface area (Å²) in [6.45, 7) is 1.99. The monoisotopic (exact) mass is 311 g/mol. The normalized spacial score (nSPS) is 14.1. The SMILES string of the molecule is CSC1=C(Nc2ccc(C)cc2)C(=O)c2cncnc2C1=O. The van der Waals surface area contributed by atoms with Gasteiger partial charge in [-0.3, -0.25) is 9.59 Å². The van der Waals surface area contributed by atoms with Gasteiger partial charge in [0.05, 0.1) is 10.5 Å². The Morgan fingerprint density at radius 3 is 2.50 bits per heavy atom. The molecule has 1 aliphatic carbocycles. The summed E-state index contributed by atoms with van der Waals surface area (Å²) in [7, 11) is 0. The molecule has 5 nitrogen and oxygen atoms in total. The molecule has 0 atom stereocenters. The lowest BCUT2D eigenvalue weighted by atomic mass is 9.98. The molecular weight excluding hydrogens is 298 g/mol. The van der Waals surface area contributed by atoms with Crippen molar-refractivity contribution < 1.29 is 9.59 Å². The van der Waals surface area contributed by atoms with E-state index in [4.69, 9.17) is 0 Å². The molecule has 2 aromatic rings. The summed E-state index contributed by atoms with van der Waals surface area (Å²) in [5.74, 6) is -0.515. The summed E-state index contributed by atoms with van der Waals surface area (Å²) >= 11 is 1.24. The summed E-state index contributed by atoms with van der Waals surface area (Å²) < 4.78 is 0. The number of thioether (sulfide) groups is 1. The van der Waals surface area contributed by atoms with Crippen LogP contribution in [-0.2, 0) is 0 Å². The second kappa shape index (κ2) is 5.73. The molecule has 0 bridgehead atoms. The molecule has 0 unspecified atom stereocenters. The van der Waals surface area contributed by atoms with Gasteiger partial charge in [-0.25, -0.2) is 9.97 Å². The number of ketones is 2. The van der Waals surface area contributed by atoms with Crippen molar-refractivity contribution in [3.63, 3.8) is 0 Å². The number of rotatable bonds is 3. The second-order valence-electron chi connectivity index (χ2n) is 4.84. The van der Waals surface area contributed by atoms with Crippen LogP contribution in [0.3, 0.4) is 0 Å². The van der Waals surface area contributed by atoms with Crippen molar-refractivity contribution >= 4 is 29.0 Å². The number of anilines is 1. The van der Waals surface area contributed by atoms with Crippen LogP contribution in [0.25, 0.3) is 0 Å². The molecule has 1 N–H and O–H groups in total. The zero-order valence-corrected chi connectivity index (χ0v) is 12.9. The molecule has 110 valence electrons. The molecule has 0 spiro atoms. The van der Waals surface area contributed by atoms with Crippen molar-refractivity contribution in [3.05, 3.63) is 64.2 Å². The Balaban J connectivity index is 2.06. The van der Waals surface area contributed by atoms with Gasteiger partial charge in [0.2, 0.25) is 11.6 Å². The number of carbonyl (C=O) groups is 2. The van der Waals surface area contributed by atoms with Crippen LogP contribution in [0.5, 0.6) is 0 Å². The fourth-order valence-electron chi connectivity index (χ4n) is 2.23. The fraction of sp³-hybridized carbons (Fsp3) is 0.125. The predicted octanol–water partition coefficient (Wildman–Crippen LogP) is 2.85. The second-order valence-corrected chi connectivity index (χ2v) is 5.66. The fourth-order valence-corrected chi connectivity index (χ4v) is 2.86. The van der Waals surface area contributed by atoms with Gasteiger partial charge in [-0.15, -0.1) is 11.8 Å². The van der Waals surface area contributed by atoms with Gasteiger partial charge >= 0.3 is 0 Å². The van der Waals surface area contributed by atoms with E-state index >= 15 is 0 Å². The van der Waals surface area contributed by atoms with E-state index in [9.17, 15) is 9.59 Å². The molecule has 0 aliphatic heterocycles. The van der Waals surface area contributed by atoms with Crippen LogP contribution in [0.15, 0.2) is 47.4 Å². The minimum Gasteiger partial charge on any atom is -0.351 e. The largest absolute Gasteiger partial charge is 0.351 e. The van der Waals surface area contributed by atoms with Gasteiger partial charge in [-0.1, -0.05) is 17.7 Å². The summed E-state index contributed by atoms with van der Waals surface area (Å²) in [6, 6.07) is 7.62. The van der Waals surface area contributed by atoms with Crippen LogP contribution >= 0.6 is 11.8 Å². The number of Topliss-reactive ketones (excluding diaryl/α,β-unsaturated/α-hetero) is 2. The van der Waals surface area contributed by atoms with E-state index in [2.05, 4.69) is 15.3 Å². The summed E-state index contributed by atoms with van der Waals surface area (Å²) in [5, 5.41) is 3.06. The molecule has 0 saturated carbocycles. The predicted molar refractivity (Wildman–Crippen MR) is 86.0 cm³/mol. The molecule has 1 aliphatic rings. The topological polar surface area (TPSA) is 72.0 Å². The number of carbonyl (C=O) groups excluding carboxylic acids is 2. The van der Waals surface area contributed by atoms with Gasteiger partial charge in [0, 0.05) is 11.9 Å². The van der Waals surface area contributed by atoms with E-state index in [-0.39, 0.29) is 28.5 Å². The number of nitrogens with one attached hydrogen (secondary N) is 1. The molecule has 22 heavy (non-hydrogen) atoms. The summed E-state index contributed by atoms with van der Waals surface area (Å²) in [6.07, 6.45) is 4.43. The van der Waals surface area contributed by atoms with E-state index in [0.29, 0.717) is 4.91 Å². The zero-order chi connectivity index (χ0) is 15.7. The standard InChI is InChI=1S/C16H13N3O2S/c1-9-3-5-10(6-4-9)19-13-14(20)11-7-17-8-18-12(11)15(21)16(13)22-2/h3-8,19H,1-2H3. The van der Waals surface area contributed by atoms with Crippen molar-refractivity contribution in [2.24, 2.45) is 0 Å². The van der Waals surface area contributed by atoms with Crippen LogP contribution < -0.4 is 5.32 Å². The van der Waals surface area contributed by atoms with E-state index in [1.54, 1.807) is 6.26 Å². The highest BCUT2D eigenvalue weighted by molar-refractivity contribution is 8.03. The summed E-state index contributed by atoms with van der Waals surface area (Å²) in [4.78, 5) is 33.3. The first kappa shape index (κ1) is 14.5. The van der Waals surface area contributed by atoms with Gasteiger partial charge in [0.15, 0.2) is 0 Å². The number of benzene rings is 1. The number of fused-ring (bicyclic) bond motifs is 1. The molecule has 3 rings (SSSR count). The summed E-state index contributed by atoms with van der Waals surface area (Å²) in [5.41, 5.74) is 2.56. The first-order valence-electron chi connectivity index (χ1n) is 6.63. The third kappa shape index (κ3) is 2.42. The van der Waals surface area contributed by atoms with Crippen LogP contribution in [0.4, 0.5) is 5.69 Å². The molecule has 0 amide bonds. The maximum absolute atomic E-state index is 12.6. The maximum Gasteiger partial charge on any atom is 0.220 e. The van der Waals surface area contributed by atoms with Gasteiger partial charge in [-0.2, -0.15) is 0 Å². The first-order chi connectivity index (χ1) is 10.6. The van der Waals surface area contributed by atoms with E-state index in [1.807, 2.05) is 31.2 Å². The highest BCUT2D eigenvalue weighted by Gasteiger charge is 2.33. The van der Waals surface area contributed by atoms with Crippen molar-refractivity contribution in [2.45, 2.75) is 6.92 Å². The Bertz CT molecular complexity index is 797. The molecule has 0 saturated heterocycles. The van der Waals surface area contributed by atoms with Gasteiger partial charge < -0.3 is 5.32 Å². The molecule has 1 heterocycles. The van der Waals surface area contributed by atoms with Crippen LogP contribution in [0, 0.1) is 6.92 Å². The first-order valence-corrected chi connectivity index (χ1v) is 7.85. The minimum atomic E-state index is -0.264. The Labute approximate surface area is 131 Å². The zero-order valence-electron chi connectivity index (χ0n) is 12.1. The van der Waals surface area contributed by atoms with Gasteiger partial charge in [-0.05, 0) is 25.3 Å². The van der Waals surface area contributed by atoms with E-state index < -0.39 is 0 Å². The average molecular weight is 311 g/mol. The highest BCUT2D eigenvalue weighted by Crippen LogP contribution is 2.31. The number of aromatic nitrogens is 2. The number of allylic oxidation sites excluding steroid dienone is 2. The molecule has 6 heteroatoms. The van der Waals surface area contributed by atoms with Crippen LogP contribution in [-0.4, -0.2) is 27.8 Å². The lowest BCUT2D eigenvalue weighted by molar-refractivity contribution is 0.0978. The number of hydrogen-bond acceptors (Lipinski definition) is 6. The molecule has 1 aromatic heterocycles. The Morgan fingerprint density at radius 2 is 1.82 bits per heavy atom. The number of nitrogens with zero attached hydrogens (tertiary/aromatic N) is 2. The van der Waals surface area contributed by atoms with Crippen LogP contribution in [0.1, 0.15) is 26.4 Å². The molecule has 0 radical (unpaired) electrons. The smallest absolute Gasteiger partial charge is 0.220 e. The molecule has 0 fully saturated rings. The lowest BCUT2D eigenvalue weighted by Crippen LogP contribution is -2.26. The Hall–Kier alpha value is -2.47. The third-order valence-corrected chi connectivity index (χ3v) is 4.16. The molecule has 1 aromatic carbocycles. The third-order valence-electron chi connectivity index (χ3n) is 3.36. The van der Waals surface area contributed by atoms with Gasteiger partial charge in [0.25, 0.3) is 0 Å². The quantitative estimate of drug-likeness (QED) is 0.939. The average Bonchev–Trinajstić information content (AvgIpc) is 2.55. The van der Waals surface area contributed by atoms with Crippen molar-refractivity contribution in [2.75, 3.05) is 11.6 Å². The maximum atomic E-state index is 12.6. The van der Waals surface area contributed by atoms with Crippen molar-refractivity contribution in [1.29, 1.82) is 0 Å². The Morgan fingerprint density at radius 1 is 1.09 bits per heavy atom. The van der Waals surface area contributed by atoms with Gasteiger partial charge in [0.1, 0.15) is 17.7 Å². The van der Waals surface area contributed by atoms with E-state index in [1.165, 1.54) is 24.3 Å². The van der Waals surface area contributed by atoms with Crippen molar-refractivity contribution in [3.8, 4) is 0 Å².